The fraction of sp³-hybridized carbons (Fsp3) is 0.400. The second-order valence-corrected chi connectivity index (χ2v) is 10.9. The molecule has 7 heteroatoms. The van der Waals surface area contributed by atoms with Gasteiger partial charge >= 0.3 is 0 Å². The van der Waals surface area contributed by atoms with E-state index >= 15 is 0 Å². The summed E-state index contributed by atoms with van der Waals surface area (Å²) in [5, 5.41) is 2.05. The highest BCUT2D eigenvalue weighted by Gasteiger charge is 2.34. The molecule has 0 unspecified atom stereocenters. The van der Waals surface area contributed by atoms with Crippen LogP contribution in [0.25, 0.3) is 0 Å². The van der Waals surface area contributed by atoms with E-state index in [1.54, 1.807) is 23.5 Å². The summed E-state index contributed by atoms with van der Waals surface area (Å²) in [7, 11) is 0. The van der Waals surface area contributed by atoms with Crippen LogP contribution in [-0.2, 0) is 11.2 Å². The normalized spacial score (nSPS) is 15.8. The first-order chi connectivity index (χ1) is 17.8. The molecule has 2 amide bonds. The van der Waals surface area contributed by atoms with Crippen molar-refractivity contribution >= 4 is 23.2 Å². The number of carbonyl (C=O) groups excluding carboxylic acids is 2. The number of benzene rings is 2. The third-order valence-electron chi connectivity index (χ3n) is 7.16. The number of halogens is 1. The summed E-state index contributed by atoms with van der Waals surface area (Å²) in [6, 6.07) is 15.6. The lowest BCUT2D eigenvalue weighted by Crippen LogP contribution is -2.50. The summed E-state index contributed by atoms with van der Waals surface area (Å²) in [6.07, 6.45) is 1.42. The standard InChI is InChI=1S/C30H35FN2O3S/c1-5-21(4)33(30(35)24-8-6-7-9-26(24)31)18-29(34)32-16-14-28-25(15-17-37-28)27(32)19-36-23-12-10-22(11-13-23)20(2)3/h6-13,15,17,20-21,27H,5,14,16,18-19H2,1-4H3/t21-,27-/m0/s1. The van der Waals surface area contributed by atoms with Gasteiger partial charge in [0.05, 0.1) is 11.6 Å². The van der Waals surface area contributed by atoms with E-state index in [4.69, 9.17) is 4.74 Å². The summed E-state index contributed by atoms with van der Waals surface area (Å²) < 4.78 is 20.6. The molecule has 2 heterocycles. The monoisotopic (exact) mass is 522 g/mol. The average Bonchev–Trinajstić information content (AvgIpc) is 3.39. The van der Waals surface area contributed by atoms with Gasteiger partial charge in [0, 0.05) is 17.5 Å². The number of ether oxygens (including phenoxy) is 1. The third-order valence-corrected chi connectivity index (χ3v) is 8.16. The fourth-order valence-electron chi connectivity index (χ4n) is 4.67. The van der Waals surface area contributed by atoms with Crippen LogP contribution in [0.2, 0.25) is 0 Å². The Morgan fingerprint density at radius 1 is 1.11 bits per heavy atom. The highest BCUT2D eigenvalue weighted by molar-refractivity contribution is 7.10. The summed E-state index contributed by atoms with van der Waals surface area (Å²) in [5.41, 5.74) is 2.32. The van der Waals surface area contributed by atoms with Crippen molar-refractivity contribution in [2.24, 2.45) is 0 Å². The van der Waals surface area contributed by atoms with Crippen LogP contribution < -0.4 is 4.74 Å². The predicted octanol–water partition coefficient (Wildman–Crippen LogP) is 6.46. The van der Waals surface area contributed by atoms with Gasteiger partial charge in [-0.3, -0.25) is 9.59 Å². The summed E-state index contributed by atoms with van der Waals surface area (Å²) in [5.74, 6) is -0.00825. The van der Waals surface area contributed by atoms with E-state index in [0.717, 1.165) is 17.7 Å². The second kappa shape index (κ2) is 11.9. The summed E-state index contributed by atoms with van der Waals surface area (Å²) in [4.78, 5) is 31.6. The van der Waals surface area contributed by atoms with Crippen molar-refractivity contribution in [1.29, 1.82) is 0 Å². The summed E-state index contributed by atoms with van der Waals surface area (Å²) in [6.45, 7) is 8.91. The van der Waals surface area contributed by atoms with Gasteiger partial charge in [0.25, 0.3) is 5.91 Å². The molecule has 37 heavy (non-hydrogen) atoms. The third kappa shape index (κ3) is 6.04. The van der Waals surface area contributed by atoms with Crippen LogP contribution in [0.3, 0.4) is 0 Å². The number of nitrogens with zero attached hydrogens (tertiary/aromatic N) is 2. The smallest absolute Gasteiger partial charge is 0.257 e. The van der Waals surface area contributed by atoms with Crippen LogP contribution >= 0.6 is 11.3 Å². The van der Waals surface area contributed by atoms with Gasteiger partial charge in [0.1, 0.15) is 24.7 Å². The molecule has 5 nitrogen and oxygen atoms in total. The lowest BCUT2D eigenvalue weighted by molar-refractivity contribution is -0.136. The number of fused-ring (bicyclic) bond motifs is 1. The molecule has 0 fully saturated rings. The van der Waals surface area contributed by atoms with Gasteiger partial charge in [-0.2, -0.15) is 0 Å². The van der Waals surface area contributed by atoms with Crippen LogP contribution in [0, 0.1) is 5.82 Å². The number of hydrogen-bond donors (Lipinski definition) is 0. The maximum absolute atomic E-state index is 14.4. The minimum Gasteiger partial charge on any atom is -0.491 e. The molecule has 2 aromatic carbocycles. The lowest BCUT2D eigenvalue weighted by atomic mass is 10.00. The molecule has 0 radical (unpaired) electrons. The topological polar surface area (TPSA) is 49.9 Å². The minimum atomic E-state index is -0.580. The predicted molar refractivity (Wildman–Crippen MR) is 146 cm³/mol. The number of rotatable bonds is 9. The Morgan fingerprint density at radius 3 is 2.51 bits per heavy atom. The molecule has 196 valence electrons. The van der Waals surface area contributed by atoms with E-state index in [9.17, 15) is 14.0 Å². The van der Waals surface area contributed by atoms with Crippen molar-refractivity contribution in [3.8, 4) is 5.75 Å². The lowest BCUT2D eigenvalue weighted by Gasteiger charge is -2.38. The Bertz CT molecular complexity index is 1220. The number of carbonyl (C=O) groups is 2. The Morgan fingerprint density at radius 2 is 1.84 bits per heavy atom. The molecule has 0 spiro atoms. The van der Waals surface area contributed by atoms with E-state index in [1.165, 1.54) is 27.5 Å². The Hall–Kier alpha value is -3.19. The van der Waals surface area contributed by atoms with Gasteiger partial charge in [0.15, 0.2) is 0 Å². The van der Waals surface area contributed by atoms with E-state index in [-0.39, 0.29) is 30.1 Å². The summed E-state index contributed by atoms with van der Waals surface area (Å²) >= 11 is 1.70. The van der Waals surface area contributed by atoms with Gasteiger partial charge in [0.2, 0.25) is 5.91 Å². The van der Waals surface area contributed by atoms with Gasteiger partial charge in [-0.05, 0) is 72.5 Å². The SMILES string of the molecule is CC[C@H](C)N(CC(=O)N1CCc2sccc2[C@@H]1COc1ccc(C(C)C)cc1)C(=O)c1ccccc1F. The molecule has 0 saturated heterocycles. The van der Waals surface area contributed by atoms with Gasteiger partial charge < -0.3 is 14.5 Å². The molecule has 4 rings (SSSR count). The van der Waals surface area contributed by atoms with Crippen LogP contribution in [0.4, 0.5) is 4.39 Å². The van der Waals surface area contributed by atoms with E-state index < -0.39 is 11.7 Å². The van der Waals surface area contributed by atoms with Crippen LogP contribution in [0.1, 0.15) is 72.4 Å². The molecule has 1 aliphatic rings. The van der Waals surface area contributed by atoms with Crippen LogP contribution in [0.15, 0.2) is 60.0 Å². The Kier molecular flexibility index (Phi) is 8.64. The van der Waals surface area contributed by atoms with E-state index in [2.05, 4.69) is 37.4 Å². The Labute approximate surface area is 222 Å². The van der Waals surface area contributed by atoms with Gasteiger partial charge in [-0.15, -0.1) is 11.3 Å². The van der Waals surface area contributed by atoms with Crippen molar-refractivity contribution in [2.45, 2.75) is 58.5 Å². The molecule has 0 bridgehead atoms. The highest BCUT2D eigenvalue weighted by Crippen LogP contribution is 2.34. The first-order valence-corrected chi connectivity index (χ1v) is 13.8. The first-order valence-electron chi connectivity index (χ1n) is 12.9. The number of amides is 2. The second-order valence-electron chi connectivity index (χ2n) is 9.86. The first kappa shape index (κ1) is 26.9. The minimum absolute atomic E-state index is 0.0147. The molecule has 2 atom stereocenters. The Balaban J connectivity index is 1.54. The molecule has 0 saturated carbocycles. The zero-order valence-corrected chi connectivity index (χ0v) is 22.8. The molecule has 0 aliphatic carbocycles. The average molecular weight is 523 g/mol. The maximum atomic E-state index is 14.4. The zero-order chi connectivity index (χ0) is 26.5. The fourth-order valence-corrected chi connectivity index (χ4v) is 5.60. The van der Waals surface area contributed by atoms with Gasteiger partial charge in [-0.25, -0.2) is 4.39 Å². The van der Waals surface area contributed by atoms with Crippen molar-refractivity contribution in [3.63, 3.8) is 0 Å². The highest BCUT2D eigenvalue weighted by atomic mass is 32.1. The van der Waals surface area contributed by atoms with E-state index in [0.29, 0.717) is 25.5 Å². The van der Waals surface area contributed by atoms with Crippen LogP contribution in [-0.4, -0.2) is 47.4 Å². The van der Waals surface area contributed by atoms with Crippen molar-refractivity contribution in [2.75, 3.05) is 19.7 Å². The number of hydrogen-bond acceptors (Lipinski definition) is 4. The zero-order valence-electron chi connectivity index (χ0n) is 21.9. The number of thiophene rings is 1. The van der Waals surface area contributed by atoms with E-state index in [1.807, 2.05) is 30.9 Å². The quantitative estimate of drug-likeness (QED) is 0.324. The molecule has 1 aliphatic heterocycles. The molecular formula is C30H35FN2O3S. The molecular weight excluding hydrogens is 487 g/mol. The van der Waals surface area contributed by atoms with Gasteiger partial charge in [-0.1, -0.05) is 45.0 Å². The molecule has 3 aromatic rings. The molecule has 0 N–H and O–H groups in total. The largest absolute Gasteiger partial charge is 0.491 e. The maximum Gasteiger partial charge on any atom is 0.257 e. The van der Waals surface area contributed by atoms with Crippen LogP contribution in [0.5, 0.6) is 5.75 Å². The molecule has 1 aromatic heterocycles. The van der Waals surface area contributed by atoms with Crippen molar-refractivity contribution < 1.29 is 18.7 Å². The van der Waals surface area contributed by atoms with Crippen molar-refractivity contribution in [1.82, 2.24) is 9.80 Å². The van der Waals surface area contributed by atoms with Crippen molar-refractivity contribution in [3.05, 3.63) is 87.4 Å².